The molecule has 5 nitrogen and oxygen atoms in total. The molecule has 0 bridgehead atoms. The fourth-order valence-electron chi connectivity index (χ4n) is 3.09. The standard InChI is InChI=1S/C17H27N3O2/c1-5-16(21)19-14-7-6-8-20(10-14)11-15-13(3)17(22-4)12(2)9-18-15/h9,14H,5-8,10-11H2,1-4H3,(H,19,21). The van der Waals surface area contributed by atoms with E-state index in [1.54, 1.807) is 7.11 Å². The van der Waals surface area contributed by atoms with Crippen molar-refractivity contribution in [1.82, 2.24) is 15.2 Å². The lowest BCUT2D eigenvalue weighted by atomic mass is 10.0. The Labute approximate surface area is 133 Å². The van der Waals surface area contributed by atoms with Gasteiger partial charge in [0.05, 0.1) is 12.8 Å². The van der Waals surface area contributed by atoms with Crippen LogP contribution in [0.25, 0.3) is 0 Å². The van der Waals surface area contributed by atoms with E-state index in [1.165, 1.54) is 0 Å². The summed E-state index contributed by atoms with van der Waals surface area (Å²) < 4.78 is 5.48. The van der Waals surface area contributed by atoms with Crippen molar-refractivity contribution >= 4 is 5.91 Å². The van der Waals surface area contributed by atoms with Gasteiger partial charge in [-0.15, -0.1) is 0 Å². The molecule has 1 N–H and O–H groups in total. The summed E-state index contributed by atoms with van der Waals surface area (Å²) in [5.41, 5.74) is 3.24. The molecule has 0 aromatic carbocycles. The summed E-state index contributed by atoms with van der Waals surface area (Å²) in [4.78, 5) is 18.5. The highest BCUT2D eigenvalue weighted by Crippen LogP contribution is 2.25. The van der Waals surface area contributed by atoms with Crippen LogP contribution in [0.15, 0.2) is 6.20 Å². The summed E-state index contributed by atoms with van der Waals surface area (Å²) in [6, 6.07) is 0.258. The fraction of sp³-hybridized carbons (Fsp3) is 0.647. The van der Waals surface area contributed by atoms with Gasteiger partial charge in [0.1, 0.15) is 5.75 Å². The van der Waals surface area contributed by atoms with Gasteiger partial charge in [-0.05, 0) is 33.2 Å². The van der Waals surface area contributed by atoms with Crippen LogP contribution in [0.4, 0.5) is 0 Å². The molecule has 1 amide bonds. The van der Waals surface area contributed by atoms with Crippen molar-refractivity contribution in [2.45, 2.75) is 52.6 Å². The summed E-state index contributed by atoms with van der Waals surface area (Å²) >= 11 is 0. The molecular weight excluding hydrogens is 278 g/mol. The minimum Gasteiger partial charge on any atom is -0.496 e. The van der Waals surface area contributed by atoms with Gasteiger partial charge >= 0.3 is 0 Å². The van der Waals surface area contributed by atoms with E-state index in [4.69, 9.17) is 4.74 Å². The molecule has 1 unspecified atom stereocenters. The monoisotopic (exact) mass is 305 g/mol. The number of carbonyl (C=O) groups is 1. The first kappa shape index (κ1) is 16.7. The van der Waals surface area contributed by atoms with Crippen molar-refractivity contribution in [3.05, 3.63) is 23.0 Å². The molecule has 2 rings (SSSR count). The number of nitrogens with one attached hydrogen (secondary N) is 1. The Hall–Kier alpha value is -1.62. The second-order valence-corrected chi connectivity index (χ2v) is 6.04. The van der Waals surface area contributed by atoms with Crippen LogP contribution >= 0.6 is 0 Å². The van der Waals surface area contributed by atoms with E-state index >= 15 is 0 Å². The van der Waals surface area contributed by atoms with Gasteiger partial charge in [-0.2, -0.15) is 0 Å². The maximum Gasteiger partial charge on any atom is 0.219 e. The van der Waals surface area contributed by atoms with Crippen LogP contribution in [-0.4, -0.2) is 42.0 Å². The molecular formula is C17H27N3O2. The van der Waals surface area contributed by atoms with Gasteiger partial charge in [-0.25, -0.2) is 0 Å². The number of likely N-dealkylation sites (tertiary alicyclic amines) is 1. The molecule has 1 aliphatic heterocycles. The third-order valence-electron chi connectivity index (χ3n) is 4.31. The van der Waals surface area contributed by atoms with Crippen molar-refractivity contribution in [1.29, 1.82) is 0 Å². The average molecular weight is 305 g/mol. The fourth-order valence-corrected chi connectivity index (χ4v) is 3.09. The highest BCUT2D eigenvalue weighted by molar-refractivity contribution is 5.75. The second kappa shape index (κ2) is 7.58. The van der Waals surface area contributed by atoms with Crippen LogP contribution in [0.1, 0.15) is 43.0 Å². The Kier molecular flexibility index (Phi) is 5.77. The highest BCUT2D eigenvalue weighted by atomic mass is 16.5. The molecule has 22 heavy (non-hydrogen) atoms. The lowest BCUT2D eigenvalue weighted by Crippen LogP contribution is -2.47. The predicted octanol–water partition coefficient (Wildman–Crippen LogP) is 2.20. The SMILES string of the molecule is CCC(=O)NC1CCCN(Cc2ncc(C)c(OC)c2C)C1. The number of nitrogens with zero attached hydrogens (tertiary/aromatic N) is 2. The van der Waals surface area contributed by atoms with Crippen LogP contribution in [0.2, 0.25) is 0 Å². The van der Waals surface area contributed by atoms with Crippen molar-refractivity contribution < 1.29 is 9.53 Å². The van der Waals surface area contributed by atoms with Gasteiger partial charge in [0.15, 0.2) is 0 Å². The summed E-state index contributed by atoms with van der Waals surface area (Å²) in [6.07, 6.45) is 4.59. The van der Waals surface area contributed by atoms with Crippen LogP contribution in [0.3, 0.4) is 0 Å². The topological polar surface area (TPSA) is 54.5 Å². The smallest absolute Gasteiger partial charge is 0.219 e. The van der Waals surface area contributed by atoms with Gasteiger partial charge in [-0.3, -0.25) is 14.7 Å². The summed E-state index contributed by atoms with van der Waals surface area (Å²) in [6.45, 7) is 8.72. The van der Waals surface area contributed by atoms with E-state index in [0.717, 1.165) is 55.0 Å². The van der Waals surface area contributed by atoms with Gasteiger partial charge in [-0.1, -0.05) is 6.92 Å². The molecule has 2 heterocycles. The number of rotatable bonds is 5. The molecule has 122 valence electrons. The summed E-state index contributed by atoms with van der Waals surface area (Å²) in [5.74, 6) is 1.07. The van der Waals surface area contributed by atoms with E-state index in [2.05, 4.69) is 22.1 Å². The maximum atomic E-state index is 11.6. The minimum atomic E-state index is 0.137. The molecule has 1 aromatic heterocycles. The zero-order valence-corrected chi connectivity index (χ0v) is 14.1. The van der Waals surface area contributed by atoms with Crippen LogP contribution in [0.5, 0.6) is 5.75 Å². The first-order chi connectivity index (χ1) is 10.5. The Bertz CT molecular complexity index is 531. The molecule has 0 spiro atoms. The van der Waals surface area contributed by atoms with Crippen molar-refractivity contribution in [2.75, 3.05) is 20.2 Å². The number of piperidine rings is 1. The zero-order chi connectivity index (χ0) is 16.1. The molecule has 1 atom stereocenters. The summed E-state index contributed by atoms with van der Waals surface area (Å²) in [7, 11) is 1.70. The third kappa shape index (κ3) is 3.97. The predicted molar refractivity (Wildman–Crippen MR) is 87.0 cm³/mol. The van der Waals surface area contributed by atoms with Gasteiger partial charge in [0.25, 0.3) is 0 Å². The van der Waals surface area contributed by atoms with Crippen LogP contribution in [-0.2, 0) is 11.3 Å². The third-order valence-corrected chi connectivity index (χ3v) is 4.31. The normalized spacial score (nSPS) is 19.0. The number of amides is 1. The number of aryl methyl sites for hydroxylation is 1. The van der Waals surface area contributed by atoms with Crippen LogP contribution < -0.4 is 10.1 Å². The molecule has 1 fully saturated rings. The average Bonchev–Trinajstić information content (AvgIpc) is 2.51. The van der Waals surface area contributed by atoms with Crippen molar-refractivity contribution in [3.8, 4) is 5.75 Å². The highest BCUT2D eigenvalue weighted by Gasteiger charge is 2.22. The summed E-state index contributed by atoms with van der Waals surface area (Å²) in [5, 5.41) is 3.10. The number of ether oxygens (including phenoxy) is 1. The number of hydrogen-bond donors (Lipinski definition) is 1. The van der Waals surface area contributed by atoms with E-state index in [-0.39, 0.29) is 11.9 Å². The molecule has 0 saturated carbocycles. The minimum absolute atomic E-state index is 0.137. The number of methoxy groups -OCH3 is 1. The number of carbonyl (C=O) groups excluding carboxylic acids is 1. The molecule has 1 aromatic rings. The lowest BCUT2D eigenvalue weighted by Gasteiger charge is -2.33. The molecule has 1 aliphatic rings. The Morgan fingerprint density at radius 2 is 2.27 bits per heavy atom. The largest absolute Gasteiger partial charge is 0.496 e. The van der Waals surface area contributed by atoms with Gasteiger partial charge < -0.3 is 10.1 Å². The number of pyridine rings is 1. The number of hydrogen-bond acceptors (Lipinski definition) is 4. The first-order valence-corrected chi connectivity index (χ1v) is 8.06. The van der Waals surface area contributed by atoms with Crippen molar-refractivity contribution in [3.63, 3.8) is 0 Å². The van der Waals surface area contributed by atoms with E-state index in [9.17, 15) is 4.79 Å². The molecule has 0 aliphatic carbocycles. The molecule has 1 saturated heterocycles. The second-order valence-electron chi connectivity index (χ2n) is 6.04. The van der Waals surface area contributed by atoms with Crippen LogP contribution in [0, 0.1) is 13.8 Å². The molecule has 5 heteroatoms. The zero-order valence-electron chi connectivity index (χ0n) is 14.1. The Morgan fingerprint density at radius 1 is 1.50 bits per heavy atom. The van der Waals surface area contributed by atoms with Crippen molar-refractivity contribution in [2.24, 2.45) is 0 Å². The Balaban J connectivity index is 2.03. The van der Waals surface area contributed by atoms with Gasteiger partial charge in [0.2, 0.25) is 5.91 Å². The maximum absolute atomic E-state index is 11.6. The Morgan fingerprint density at radius 3 is 2.95 bits per heavy atom. The quantitative estimate of drug-likeness (QED) is 0.906. The molecule has 0 radical (unpaired) electrons. The van der Waals surface area contributed by atoms with E-state index in [0.29, 0.717) is 6.42 Å². The van der Waals surface area contributed by atoms with E-state index in [1.807, 2.05) is 20.0 Å². The van der Waals surface area contributed by atoms with Gasteiger partial charge in [0, 0.05) is 42.9 Å². The lowest BCUT2D eigenvalue weighted by molar-refractivity contribution is -0.121. The first-order valence-electron chi connectivity index (χ1n) is 8.06. The number of aromatic nitrogens is 1. The van der Waals surface area contributed by atoms with E-state index < -0.39 is 0 Å².